The molecule has 6 heteroatoms. The number of benzene rings is 1. The zero-order valence-electron chi connectivity index (χ0n) is 15.4. The number of hydrogen-bond donors (Lipinski definition) is 1. The molecule has 6 nitrogen and oxygen atoms in total. The summed E-state index contributed by atoms with van der Waals surface area (Å²) in [5, 5.41) is 9.82. The van der Waals surface area contributed by atoms with Crippen LogP contribution in [-0.4, -0.2) is 35.9 Å². The first kappa shape index (κ1) is 20.5. The molecular weight excluding hydrogens is 324 g/mol. The molecule has 0 unspecified atom stereocenters. The second-order valence-electron chi connectivity index (χ2n) is 6.04. The first-order valence-corrected chi connectivity index (χ1v) is 8.34. The Morgan fingerprint density at radius 1 is 1.08 bits per heavy atom. The molecule has 0 amide bonds. The van der Waals surface area contributed by atoms with E-state index in [0.717, 1.165) is 6.42 Å². The lowest BCUT2D eigenvalue weighted by Crippen LogP contribution is -2.23. The van der Waals surface area contributed by atoms with Crippen LogP contribution < -0.4 is 4.74 Å². The van der Waals surface area contributed by atoms with Gasteiger partial charge in [0.05, 0.1) is 18.8 Å². The number of carbonyl (C=O) groups excluding carboxylic acids is 2. The molecule has 1 aromatic carbocycles. The third-order valence-electron chi connectivity index (χ3n) is 2.88. The van der Waals surface area contributed by atoms with Crippen molar-refractivity contribution in [2.45, 2.75) is 53.2 Å². The molecule has 0 fully saturated rings. The second kappa shape index (κ2) is 9.71. The third kappa shape index (κ3) is 6.87. The SMILES string of the molecule is CCCOc1cc(C=C(C(=O)OC(C)C)C(=O)OC(C)C)ccc1O. The highest BCUT2D eigenvalue weighted by Gasteiger charge is 2.23. The summed E-state index contributed by atoms with van der Waals surface area (Å²) in [6.45, 7) is 9.17. The van der Waals surface area contributed by atoms with Crippen molar-refractivity contribution < 1.29 is 28.9 Å². The largest absolute Gasteiger partial charge is 0.504 e. The molecule has 138 valence electrons. The van der Waals surface area contributed by atoms with E-state index in [9.17, 15) is 14.7 Å². The molecule has 0 spiro atoms. The first-order chi connectivity index (χ1) is 11.7. The summed E-state index contributed by atoms with van der Waals surface area (Å²) in [4.78, 5) is 24.5. The molecule has 0 aliphatic carbocycles. The Bertz CT molecular complexity index is 607. The Morgan fingerprint density at radius 3 is 2.12 bits per heavy atom. The maximum Gasteiger partial charge on any atom is 0.345 e. The highest BCUT2D eigenvalue weighted by Crippen LogP contribution is 2.28. The molecule has 0 saturated carbocycles. The normalized spacial score (nSPS) is 10.5. The molecule has 1 N–H and O–H groups in total. The van der Waals surface area contributed by atoms with Crippen LogP contribution in [-0.2, 0) is 19.1 Å². The number of esters is 2. The molecular formula is C19H26O6. The van der Waals surface area contributed by atoms with E-state index in [1.54, 1.807) is 39.8 Å². The Morgan fingerprint density at radius 2 is 1.64 bits per heavy atom. The quantitative estimate of drug-likeness (QED) is 0.335. The van der Waals surface area contributed by atoms with Gasteiger partial charge >= 0.3 is 11.9 Å². The van der Waals surface area contributed by atoms with Crippen molar-refractivity contribution >= 4 is 18.0 Å². The molecule has 0 aliphatic heterocycles. The van der Waals surface area contributed by atoms with E-state index in [4.69, 9.17) is 14.2 Å². The number of carbonyl (C=O) groups is 2. The van der Waals surface area contributed by atoms with Gasteiger partial charge in [-0.25, -0.2) is 9.59 Å². The molecule has 25 heavy (non-hydrogen) atoms. The summed E-state index contributed by atoms with van der Waals surface area (Å²) in [6, 6.07) is 4.56. The van der Waals surface area contributed by atoms with Gasteiger partial charge in [0, 0.05) is 0 Å². The van der Waals surface area contributed by atoms with Gasteiger partial charge in [0.1, 0.15) is 5.57 Å². The van der Waals surface area contributed by atoms with Crippen LogP contribution in [0.4, 0.5) is 0 Å². The van der Waals surface area contributed by atoms with Crippen molar-refractivity contribution in [2.75, 3.05) is 6.61 Å². The minimum Gasteiger partial charge on any atom is -0.504 e. The summed E-state index contributed by atoms with van der Waals surface area (Å²) in [7, 11) is 0. The van der Waals surface area contributed by atoms with Gasteiger partial charge in [-0.15, -0.1) is 0 Å². The molecule has 0 saturated heterocycles. The highest BCUT2D eigenvalue weighted by molar-refractivity contribution is 6.17. The average molecular weight is 350 g/mol. The van der Waals surface area contributed by atoms with Crippen molar-refractivity contribution in [2.24, 2.45) is 0 Å². The fourth-order valence-corrected chi connectivity index (χ4v) is 1.87. The third-order valence-corrected chi connectivity index (χ3v) is 2.88. The van der Waals surface area contributed by atoms with Gasteiger partial charge in [-0.2, -0.15) is 0 Å². The Hall–Kier alpha value is -2.50. The van der Waals surface area contributed by atoms with Gasteiger partial charge in [-0.1, -0.05) is 13.0 Å². The minimum absolute atomic E-state index is 0.0123. The smallest absolute Gasteiger partial charge is 0.345 e. The van der Waals surface area contributed by atoms with Crippen LogP contribution >= 0.6 is 0 Å². The van der Waals surface area contributed by atoms with E-state index in [1.165, 1.54) is 12.1 Å². The lowest BCUT2D eigenvalue weighted by molar-refractivity contribution is -0.150. The topological polar surface area (TPSA) is 82.1 Å². The second-order valence-corrected chi connectivity index (χ2v) is 6.04. The molecule has 1 aromatic rings. The van der Waals surface area contributed by atoms with Gasteiger partial charge in [0.15, 0.2) is 11.5 Å². The van der Waals surface area contributed by atoms with Crippen LogP contribution in [0.25, 0.3) is 6.08 Å². The highest BCUT2D eigenvalue weighted by atomic mass is 16.6. The fourth-order valence-electron chi connectivity index (χ4n) is 1.87. The molecule has 0 aromatic heterocycles. The number of aromatic hydroxyl groups is 1. The van der Waals surface area contributed by atoms with Crippen LogP contribution in [0.15, 0.2) is 23.8 Å². The van der Waals surface area contributed by atoms with Gasteiger partial charge in [0.2, 0.25) is 0 Å². The maximum atomic E-state index is 12.2. The van der Waals surface area contributed by atoms with Crippen molar-refractivity contribution in [3.63, 3.8) is 0 Å². The van der Waals surface area contributed by atoms with Gasteiger partial charge in [-0.3, -0.25) is 0 Å². The number of ether oxygens (including phenoxy) is 3. The Kier molecular flexibility index (Phi) is 7.98. The minimum atomic E-state index is -0.759. The molecule has 0 heterocycles. The lowest BCUT2D eigenvalue weighted by atomic mass is 10.1. The van der Waals surface area contributed by atoms with E-state index >= 15 is 0 Å². The van der Waals surface area contributed by atoms with Crippen molar-refractivity contribution in [3.05, 3.63) is 29.3 Å². The van der Waals surface area contributed by atoms with Gasteiger partial charge in [-0.05, 0) is 57.9 Å². The monoisotopic (exact) mass is 350 g/mol. The Balaban J connectivity index is 3.19. The van der Waals surface area contributed by atoms with Crippen LogP contribution in [0.3, 0.4) is 0 Å². The van der Waals surface area contributed by atoms with Crippen LogP contribution in [0, 0.1) is 0 Å². The van der Waals surface area contributed by atoms with Crippen molar-refractivity contribution in [3.8, 4) is 11.5 Å². The number of phenols is 1. The zero-order valence-corrected chi connectivity index (χ0v) is 15.4. The molecule has 0 radical (unpaired) electrons. The Labute approximate surface area is 148 Å². The predicted octanol–water partition coefficient (Wildman–Crippen LogP) is 3.47. The van der Waals surface area contributed by atoms with E-state index in [2.05, 4.69) is 0 Å². The average Bonchev–Trinajstić information content (AvgIpc) is 2.51. The molecule has 0 aliphatic rings. The van der Waals surface area contributed by atoms with E-state index in [0.29, 0.717) is 12.2 Å². The van der Waals surface area contributed by atoms with E-state index in [1.807, 2.05) is 6.92 Å². The number of rotatable bonds is 8. The zero-order chi connectivity index (χ0) is 19.0. The lowest BCUT2D eigenvalue weighted by Gasteiger charge is -2.13. The van der Waals surface area contributed by atoms with Gasteiger partial charge in [0.25, 0.3) is 0 Å². The van der Waals surface area contributed by atoms with E-state index in [-0.39, 0.29) is 29.3 Å². The predicted molar refractivity (Wildman–Crippen MR) is 94.3 cm³/mol. The number of phenolic OH excluding ortho intramolecular Hbond substituents is 1. The summed E-state index contributed by atoms with van der Waals surface area (Å²) in [5.41, 5.74) is 0.301. The van der Waals surface area contributed by atoms with Crippen LogP contribution in [0.1, 0.15) is 46.6 Å². The van der Waals surface area contributed by atoms with Crippen LogP contribution in [0.5, 0.6) is 11.5 Å². The standard InChI is InChI=1S/C19H26O6/c1-6-9-23-17-11-14(7-8-16(17)20)10-15(18(21)24-12(2)3)19(22)25-13(4)5/h7-8,10-13,20H,6,9H2,1-5H3. The number of hydrogen-bond acceptors (Lipinski definition) is 6. The molecule has 0 bridgehead atoms. The molecule has 0 atom stereocenters. The van der Waals surface area contributed by atoms with E-state index < -0.39 is 11.9 Å². The fraction of sp³-hybridized carbons (Fsp3) is 0.474. The van der Waals surface area contributed by atoms with Crippen LogP contribution in [0.2, 0.25) is 0 Å². The van der Waals surface area contributed by atoms with Crippen molar-refractivity contribution in [1.29, 1.82) is 0 Å². The summed E-state index contributed by atoms with van der Waals surface area (Å²) in [6.07, 6.45) is 1.41. The first-order valence-electron chi connectivity index (χ1n) is 8.34. The summed E-state index contributed by atoms with van der Waals surface area (Å²) in [5.74, 6) is -1.25. The van der Waals surface area contributed by atoms with Gasteiger partial charge < -0.3 is 19.3 Å². The summed E-state index contributed by atoms with van der Waals surface area (Å²) >= 11 is 0. The summed E-state index contributed by atoms with van der Waals surface area (Å²) < 4.78 is 15.7. The van der Waals surface area contributed by atoms with Crippen molar-refractivity contribution in [1.82, 2.24) is 0 Å². The molecule has 1 rings (SSSR count). The maximum absolute atomic E-state index is 12.2.